The van der Waals surface area contributed by atoms with Crippen LogP contribution >= 0.6 is 0 Å². The average molecular weight is 779 g/mol. The van der Waals surface area contributed by atoms with E-state index < -0.39 is 41.7 Å². The van der Waals surface area contributed by atoms with Crippen molar-refractivity contribution < 1.29 is 34.8 Å². The van der Waals surface area contributed by atoms with Gasteiger partial charge < -0.3 is 10.6 Å². The molecular weight excluding hydrogens is 737 g/mol. The van der Waals surface area contributed by atoms with Gasteiger partial charge in [0.1, 0.15) is 0 Å². The van der Waals surface area contributed by atoms with Crippen LogP contribution in [0, 0.1) is 25.7 Å². The Hall–Kier alpha value is -4.41. The van der Waals surface area contributed by atoms with E-state index in [0.29, 0.717) is 50.1 Å². The van der Waals surface area contributed by atoms with E-state index in [1.54, 1.807) is 48.5 Å². The van der Waals surface area contributed by atoms with E-state index in [2.05, 4.69) is 10.6 Å². The fourth-order valence-corrected chi connectivity index (χ4v) is 10.8. The van der Waals surface area contributed by atoms with E-state index in [4.69, 9.17) is 0 Å². The lowest BCUT2D eigenvalue weighted by molar-refractivity contribution is -0.121. The first-order chi connectivity index (χ1) is 25.1. The topological polar surface area (TPSA) is 167 Å². The highest BCUT2D eigenvalue weighted by atomic mass is 32.2. The second kappa shape index (κ2) is 15.5. The molecule has 280 valence electrons. The monoisotopic (exact) mass is 778 g/mol. The van der Waals surface area contributed by atoms with Crippen molar-refractivity contribution in [2.75, 3.05) is 36.8 Å². The lowest BCUT2D eigenvalue weighted by Gasteiger charge is -2.31. The summed E-state index contributed by atoms with van der Waals surface area (Å²) in [7, 11) is -11.5. The van der Waals surface area contributed by atoms with Crippen LogP contribution in [0.5, 0.6) is 0 Å². The van der Waals surface area contributed by atoms with Gasteiger partial charge >= 0.3 is 0 Å². The van der Waals surface area contributed by atoms with E-state index >= 15 is 0 Å². The molecule has 15 heteroatoms. The summed E-state index contributed by atoms with van der Waals surface area (Å²) in [6.45, 7) is 4.47. The molecule has 4 aromatic rings. The van der Waals surface area contributed by atoms with Gasteiger partial charge in [0.25, 0.3) is 0 Å². The Morgan fingerprint density at radius 1 is 0.509 bits per heavy atom. The van der Waals surface area contributed by atoms with Gasteiger partial charge in [-0.05, 0) is 112 Å². The largest absolute Gasteiger partial charge is 0.326 e. The van der Waals surface area contributed by atoms with Gasteiger partial charge in [0, 0.05) is 37.6 Å². The van der Waals surface area contributed by atoms with Gasteiger partial charge in [0.05, 0.1) is 31.4 Å². The first-order valence-electron chi connectivity index (χ1n) is 17.4. The normalized spacial score (nSPS) is 19.0. The van der Waals surface area contributed by atoms with Crippen LogP contribution in [-0.2, 0) is 39.5 Å². The third kappa shape index (κ3) is 8.54. The highest BCUT2D eigenvalue weighted by molar-refractivity contribution is 7.91. The van der Waals surface area contributed by atoms with Crippen LogP contribution in [0.15, 0.2) is 117 Å². The number of carbonyl (C=O) groups excluding carboxylic acids is 2. The van der Waals surface area contributed by atoms with Gasteiger partial charge in [-0.25, -0.2) is 25.3 Å². The smallest absolute Gasteiger partial charge is 0.243 e. The molecule has 0 aromatic heterocycles. The fraction of sp³-hybridized carbons (Fsp3) is 0.316. The quantitative estimate of drug-likeness (QED) is 0.221. The van der Waals surface area contributed by atoms with Crippen LogP contribution in [0.3, 0.4) is 0 Å². The van der Waals surface area contributed by atoms with Crippen LogP contribution in [0.2, 0.25) is 0 Å². The first-order valence-corrected chi connectivity index (χ1v) is 21.7. The molecule has 0 spiro atoms. The zero-order valence-electron chi connectivity index (χ0n) is 29.4. The predicted molar refractivity (Wildman–Crippen MR) is 201 cm³/mol. The number of carbonyl (C=O) groups is 2. The van der Waals surface area contributed by atoms with Crippen molar-refractivity contribution in [1.82, 2.24) is 8.61 Å². The molecular formula is C38H42N4O8S3. The molecule has 2 fully saturated rings. The fourth-order valence-electron chi connectivity index (χ4n) is 6.53. The standard InChI is InChI=1S/C38H42N4O8S3/c1-27-7-15-35(16-8-27)52(47,48)41-23-3-5-29(25-41)37(43)39-31-11-19-33(20-12-31)51(45,46)34-21-13-32(14-22-34)40-38(44)30-6-4-24-42(26-30)53(49,50)36-17-9-28(2)10-18-36/h7-22,29-30H,3-6,23-26H2,1-2H3,(H,39,43)(H,40,44). The minimum atomic E-state index is -3.95. The van der Waals surface area contributed by atoms with Crippen LogP contribution in [-0.4, -0.2) is 71.9 Å². The predicted octanol–water partition coefficient (Wildman–Crippen LogP) is 5.22. The highest BCUT2D eigenvalue weighted by Crippen LogP contribution is 2.29. The number of benzene rings is 4. The van der Waals surface area contributed by atoms with Crippen LogP contribution in [0.25, 0.3) is 0 Å². The Morgan fingerprint density at radius 2 is 0.830 bits per heavy atom. The zero-order valence-corrected chi connectivity index (χ0v) is 31.9. The number of nitrogens with one attached hydrogen (secondary N) is 2. The molecule has 4 aromatic carbocycles. The number of aryl methyl sites for hydroxylation is 2. The number of piperidine rings is 2. The molecule has 2 atom stereocenters. The Labute approximate surface area is 311 Å². The van der Waals surface area contributed by atoms with Crippen LogP contribution < -0.4 is 10.6 Å². The molecule has 0 bridgehead atoms. The summed E-state index contributed by atoms with van der Waals surface area (Å²) in [5.41, 5.74) is 2.63. The third-order valence-corrected chi connectivity index (χ3v) is 15.2. The summed E-state index contributed by atoms with van der Waals surface area (Å²) in [5, 5.41) is 5.58. The molecule has 2 amide bonds. The lowest BCUT2D eigenvalue weighted by Crippen LogP contribution is -2.43. The second-order valence-corrected chi connectivity index (χ2v) is 19.4. The van der Waals surface area contributed by atoms with E-state index in [1.165, 1.54) is 57.1 Å². The minimum Gasteiger partial charge on any atom is -0.326 e. The maximum absolute atomic E-state index is 13.4. The Balaban J connectivity index is 1.04. The second-order valence-electron chi connectivity index (χ2n) is 13.6. The van der Waals surface area contributed by atoms with E-state index in [9.17, 15) is 34.8 Å². The van der Waals surface area contributed by atoms with Gasteiger partial charge in [-0.15, -0.1) is 0 Å². The third-order valence-electron chi connectivity index (χ3n) is 9.69. The molecule has 53 heavy (non-hydrogen) atoms. The number of anilines is 2. The molecule has 2 N–H and O–H groups in total. The number of sulfonamides is 2. The molecule has 2 aliphatic rings. The molecule has 12 nitrogen and oxygen atoms in total. The van der Waals surface area contributed by atoms with Crippen molar-refractivity contribution in [3.63, 3.8) is 0 Å². The van der Waals surface area contributed by atoms with Crippen molar-refractivity contribution in [2.45, 2.75) is 59.1 Å². The van der Waals surface area contributed by atoms with Crippen LogP contribution in [0.4, 0.5) is 11.4 Å². The molecule has 2 heterocycles. The zero-order chi connectivity index (χ0) is 38.0. The number of sulfone groups is 1. The van der Waals surface area contributed by atoms with E-state index in [-0.39, 0.29) is 44.5 Å². The number of rotatable bonds is 10. The first kappa shape index (κ1) is 38.3. The van der Waals surface area contributed by atoms with Gasteiger partial charge in [0.15, 0.2) is 0 Å². The van der Waals surface area contributed by atoms with Gasteiger partial charge in [-0.2, -0.15) is 8.61 Å². The number of hydrogen-bond donors (Lipinski definition) is 2. The van der Waals surface area contributed by atoms with Crippen molar-refractivity contribution in [3.05, 3.63) is 108 Å². The van der Waals surface area contributed by atoms with Gasteiger partial charge in [-0.1, -0.05) is 35.4 Å². The molecule has 0 radical (unpaired) electrons. The minimum absolute atomic E-state index is 0.00241. The number of hydrogen-bond acceptors (Lipinski definition) is 8. The molecule has 6 rings (SSSR count). The van der Waals surface area contributed by atoms with Crippen molar-refractivity contribution in [3.8, 4) is 0 Å². The van der Waals surface area contributed by atoms with Crippen molar-refractivity contribution >= 4 is 53.1 Å². The summed E-state index contributed by atoms with van der Waals surface area (Å²) in [6.07, 6.45) is 2.09. The Kier molecular flexibility index (Phi) is 11.2. The Bertz CT molecular complexity index is 2140. The molecule has 2 aliphatic heterocycles. The summed E-state index contributed by atoms with van der Waals surface area (Å²) in [6, 6.07) is 24.6. The molecule has 0 aliphatic carbocycles. The van der Waals surface area contributed by atoms with E-state index in [0.717, 1.165) is 11.1 Å². The maximum atomic E-state index is 13.4. The highest BCUT2D eigenvalue weighted by Gasteiger charge is 2.35. The van der Waals surface area contributed by atoms with Gasteiger partial charge in [-0.3, -0.25) is 9.59 Å². The van der Waals surface area contributed by atoms with Crippen molar-refractivity contribution in [2.24, 2.45) is 11.8 Å². The Morgan fingerprint density at radius 3 is 1.17 bits per heavy atom. The molecule has 0 saturated carbocycles. The molecule has 2 saturated heterocycles. The maximum Gasteiger partial charge on any atom is 0.243 e. The lowest BCUT2D eigenvalue weighted by atomic mass is 9.99. The summed E-state index contributed by atoms with van der Waals surface area (Å²) in [4.78, 5) is 26.7. The summed E-state index contributed by atoms with van der Waals surface area (Å²) in [5.74, 6) is -1.85. The van der Waals surface area contributed by atoms with E-state index in [1.807, 2.05) is 13.8 Å². The number of amides is 2. The average Bonchev–Trinajstić information content (AvgIpc) is 3.15. The number of nitrogens with zero attached hydrogens (tertiary/aromatic N) is 2. The SMILES string of the molecule is Cc1ccc(S(=O)(=O)N2CCCC(C(=O)Nc3ccc(S(=O)(=O)c4ccc(NC(=O)C5CCCN(S(=O)(=O)c6ccc(C)cc6)C5)cc4)cc3)C2)cc1. The summed E-state index contributed by atoms with van der Waals surface area (Å²) < 4.78 is 82.3. The molecule has 2 unspecified atom stereocenters. The van der Waals surface area contributed by atoms with Gasteiger partial charge in [0.2, 0.25) is 41.7 Å². The summed E-state index contributed by atoms with van der Waals surface area (Å²) >= 11 is 0. The van der Waals surface area contributed by atoms with Crippen molar-refractivity contribution in [1.29, 1.82) is 0 Å². The van der Waals surface area contributed by atoms with Crippen LogP contribution in [0.1, 0.15) is 36.8 Å².